The molecule has 0 spiro atoms. The Balaban J connectivity index is 0. The molecular weight excluding hydrogens is 164 g/mol. The molecule has 0 aromatic rings. The van der Waals surface area contributed by atoms with Gasteiger partial charge in [0.15, 0.2) is 0 Å². The second kappa shape index (κ2) is 11.9. The molecule has 0 aromatic carbocycles. The summed E-state index contributed by atoms with van der Waals surface area (Å²) in [6.07, 6.45) is 0. The topological polar surface area (TPSA) is 15.7 Å². The van der Waals surface area contributed by atoms with Gasteiger partial charge in [-0.3, -0.25) is 0 Å². The zero-order chi connectivity index (χ0) is 10.7. The molecule has 1 aliphatic rings. The third-order valence-electron chi connectivity index (χ3n) is 1.23. The summed E-state index contributed by atoms with van der Waals surface area (Å²) in [5, 5.41) is 0. The lowest BCUT2D eigenvalue weighted by molar-refractivity contribution is 0.0503. The van der Waals surface area contributed by atoms with Crippen molar-refractivity contribution < 1.29 is 4.74 Å². The van der Waals surface area contributed by atoms with Gasteiger partial charge in [0, 0.05) is 13.1 Å². The van der Waals surface area contributed by atoms with Crippen molar-refractivity contribution in [3.05, 3.63) is 0 Å². The summed E-state index contributed by atoms with van der Waals surface area (Å²) < 4.78 is 5.10. The molecule has 0 aromatic heterocycles. The highest BCUT2D eigenvalue weighted by Gasteiger charge is 2.02. The maximum atomic E-state index is 5.10. The summed E-state index contributed by atoms with van der Waals surface area (Å²) in [5.41, 5.74) is 0. The van der Waals surface area contributed by atoms with Crippen molar-refractivity contribution in [2.75, 3.05) is 54.5 Å². The van der Waals surface area contributed by atoms with Crippen LogP contribution in [0.5, 0.6) is 0 Å². The Hall–Kier alpha value is -0.120. The van der Waals surface area contributed by atoms with E-state index in [2.05, 4.69) is 11.9 Å². The lowest BCUT2D eigenvalue weighted by Gasteiger charge is -2.21. The lowest BCUT2D eigenvalue weighted by atomic mass is 10.5. The Morgan fingerprint density at radius 1 is 1.00 bits per heavy atom. The van der Waals surface area contributed by atoms with E-state index in [-0.39, 0.29) is 0 Å². The monoisotopic (exact) mass is 190 g/mol. The van der Waals surface area contributed by atoms with Gasteiger partial charge in [0.05, 0.1) is 13.2 Å². The quantitative estimate of drug-likeness (QED) is 0.570. The third kappa shape index (κ3) is 18.7. The smallest absolute Gasteiger partial charge is 0.0594 e. The first kappa shape index (κ1) is 15.4. The minimum Gasteiger partial charge on any atom is -0.379 e. The van der Waals surface area contributed by atoms with Crippen LogP contribution in [-0.2, 0) is 4.74 Å². The summed E-state index contributed by atoms with van der Waals surface area (Å²) in [5.74, 6) is 0. The number of likely N-dealkylation sites (N-methyl/N-ethyl adjacent to an activating group) is 1. The minimum absolute atomic E-state index is 0.913. The largest absolute Gasteiger partial charge is 0.379 e. The van der Waals surface area contributed by atoms with Gasteiger partial charge < -0.3 is 14.5 Å². The van der Waals surface area contributed by atoms with Crippen molar-refractivity contribution in [1.29, 1.82) is 0 Å². The first-order valence-corrected chi connectivity index (χ1v) is 5.00. The third-order valence-corrected chi connectivity index (χ3v) is 1.23. The molecule has 1 heterocycles. The van der Waals surface area contributed by atoms with Crippen LogP contribution in [0, 0.1) is 0 Å². The van der Waals surface area contributed by atoms with E-state index < -0.39 is 0 Å². The number of hydrogen-bond acceptors (Lipinski definition) is 3. The molecule has 0 amide bonds. The molecule has 0 atom stereocenters. The van der Waals surface area contributed by atoms with Gasteiger partial charge in [0.25, 0.3) is 0 Å². The van der Waals surface area contributed by atoms with E-state index >= 15 is 0 Å². The Morgan fingerprint density at radius 3 is 1.46 bits per heavy atom. The van der Waals surface area contributed by atoms with Crippen LogP contribution >= 0.6 is 0 Å². The minimum atomic E-state index is 0.913. The van der Waals surface area contributed by atoms with Gasteiger partial charge in [0.2, 0.25) is 0 Å². The first-order valence-electron chi connectivity index (χ1n) is 5.00. The van der Waals surface area contributed by atoms with Gasteiger partial charge in [-0.25, -0.2) is 0 Å². The fourth-order valence-corrected chi connectivity index (χ4v) is 0.655. The van der Waals surface area contributed by atoms with Crippen molar-refractivity contribution in [3.63, 3.8) is 0 Å². The van der Waals surface area contributed by atoms with Crippen molar-refractivity contribution >= 4 is 0 Å². The second-order valence-corrected chi connectivity index (χ2v) is 3.26. The van der Waals surface area contributed by atoms with Crippen LogP contribution in [0.4, 0.5) is 0 Å². The molecule has 3 heteroatoms. The number of nitrogens with zero attached hydrogens (tertiary/aromatic N) is 2. The van der Waals surface area contributed by atoms with Gasteiger partial charge in [-0.2, -0.15) is 0 Å². The Labute approximate surface area is 83.7 Å². The molecule has 1 saturated heterocycles. The highest BCUT2D eigenvalue weighted by atomic mass is 16.5. The van der Waals surface area contributed by atoms with Crippen LogP contribution < -0.4 is 0 Å². The van der Waals surface area contributed by atoms with Gasteiger partial charge in [-0.15, -0.1) is 0 Å². The SMILES string of the molecule is CC.CN(C)C.CN1CCOCC1. The van der Waals surface area contributed by atoms with Crippen LogP contribution in [-0.4, -0.2) is 64.3 Å². The molecule has 1 rings (SSSR count). The average Bonchev–Trinajstić information content (AvgIpc) is 2.08. The number of hydrogen-bond donors (Lipinski definition) is 0. The normalized spacial score (nSPS) is 16.8. The van der Waals surface area contributed by atoms with E-state index in [4.69, 9.17) is 4.74 Å². The molecule has 82 valence electrons. The fraction of sp³-hybridized carbons (Fsp3) is 1.00. The van der Waals surface area contributed by atoms with E-state index in [1.54, 1.807) is 0 Å². The Bertz CT molecular complexity index is 78.2. The van der Waals surface area contributed by atoms with Crippen molar-refractivity contribution in [1.82, 2.24) is 9.80 Å². The highest BCUT2D eigenvalue weighted by Crippen LogP contribution is 1.89. The lowest BCUT2D eigenvalue weighted by Crippen LogP contribution is -2.32. The molecule has 1 aliphatic heterocycles. The van der Waals surface area contributed by atoms with Gasteiger partial charge in [-0.1, -0.05) is 13.8 Å². The Morgan fingerprint density at radius 2 is 1.31 bits per heavy atom. The molecule has 1 fully saturated rings. The molecule has 13 heavy (non-hydrogen) atoms. The first-order chi connectivity index (χ1) is 6.13. The summed E-state index contributed by atoms with van der Waals surface area (Å²) >= 11 is 0. The molecule has 0 bridgehead atoms. The van der Waals surface area contributed by atoms with Crippen LogP contribution in [0.2, 0.25) is 0 Å². The predicted octanol–water partition coefficient (Wildman–Crippen LogP) is 1.15. The predicted molar refractivity (Wildman–Crippen MR) is 59.3 cm³/mol. The molecule has 0 aliphatic carbocycles. The number of morpholine rings is 1. The molecule has 0 N–H and O–H groups in total. The van der Waals surface area contributed by atoms with E-state index in [0.717, 1.165) is 26.3 Å². The van der Waals surface area contributed by atoms with Crippen LogP contribution in [0.3, 0.4) is 0 Å². The summed E-state index contributed by atoms with van der Waals surface area (Å²) in [4.78, 5) is 4.27. The van der Waals surface area contributed by atoms with Crippen molar-refractivity contribution in [3.8, 4) is 0 Å². The van der Waals surface area contributed by atoms with Gasteiger partial charge in [0.1, 0.15) is 0 Å². The van der Waals surface area contributed by atoms with E-state index in [1.807, 2.05) is 39.9 Å². The van der Waals surface area contributed by atoms with E-state index in [1.165, 1.54) is 0 Å². The molecule has 3 nitrogen and oxygen atoms in total. The summed E-state index contributed by atoms with van der Waals surface area (Å²) in [6.45, 7) is 8.02. The number of ether oxygens (including phenoxy) is 1. The molecule has 0 saturated carbocycles. The summed E-state index contributed by atoms with van der Waals surface area (Å²) in [6, 6.07) is 0. The van der Waals surface area contributed by atoms with Crippen LogP contribution in [0.15, 0.2) is 0 Å². The second-order valence-electron chi connectivity index (χ2n) is 3.26. The zero-order valence-electron chi connectivity index (χ0n) is 10.1. The van der Waals surface area contributed by atoms with E-state index in [9.17, 15) is 0 Å². The standard InChI is InChI=1S/C5H11NO.C3H9N.C2H6/c1-6-2-4-7-5-3-6;1-4(2)3;1-2/h2-5H2,1H3;1-3H3;1-2H3. The van der Waals surface area contributed by atoms with Crippen molar-refractivity contribution in [2.24, 2.45) is 0 Å². The molecule has 0 radical (unpaired) electrons. The molecular formula is C10H26N2O. The molecule has 0 unspecified atom stereocenters. The van der Waals surface area contributed by atoms with Crippen LogP contribution in [0.1, 0.15) is 13.8 Å². The van der Waals surface area contributed by atoms with Crippen molar-refractivity contribution in [2.45, 2.75) is 13.8 Å². The maximum Gasteiger partial charge on any atom is 0.0594 e. The highest BCUT2D eigenvalue weighted by molar-refractivity contribution is 4.53. The van der Waals surface area contributed by atoms with Gasteiger partial charge in [-0.05, 0) is 28.2 Å². The zero-order valence-corrected chi connectivity index (χ0v) is 10.1. The summed E-state index contributed by atoms with van der Waals surface area (Å²) in [7, 11) is 8.11. The average molecular weight is 190 g/mol. The maximum absolute atomic E-state index is 5.10. The fourth-order valence-electron chi connectivity index (χ4n) is 0.655. The Kier molecular flexibility index (Phi) is 14.0. The van der Waals surface area contributed by atoms with E-state index in [0.29, 0.717) is 0 Å². The van der Waals surface area contributed by atoms with Crippen LogP contribution in [0.25, 0.3) is 0 Å². The van der Waals surface area contributed by atoms with Gasteiger partial charge >= 0.3 is 0 Å². The number of rotatable bonds is 0.